The average molecular weight is 362 g/mol. The monoisotopic (exact) mass is 362 g/mol. The molecule has 0 aliphatic rings. The third-order valence-corrected chi connectivity index (χ3v) is 3.79. The van der Waals surface area contributed by atoms with Crippen LogP contribution in [0.15, 0.2) is 36.5 Å². The van der Waals surface area contributed by atoms with Gasteiger partial charge in [-0.05, 0) is 6.92 Å². The number of nitrogens with zero attached hydrogens (tertiary/aromatic N) is 2. The first-order chi connectivity index (χ1) is 11.8. The van der Waals surface area contributed by atoms with Crippen molar-refractivity contribution in [3.05, 3.63) is 47.8 Å². The number of carbonyl (C=O) groups is 2. The van der Waals surface area contributed by atoms with Crippen molar-refractivity contribution in [1.82, 2.24) is 20.0 Å². The van der Waals surface area contributed by atoms with E-state index in [1.807, 2.05) is 35.1 Å². The van der Waals surface area contributed by atoms with Crippen molar-refractivity contribution >= 4 is 21.8 Å². The topological polar surface area (TPSA) is 118 Å². The van der Waals surface area contributed by atoms with Gasteiger partial charge in [0.25, 0.3) is 5.91 Å². The molecule has 2 amide bonds. The molecule has 0 radical (unpaired) electrons. The highest BCUT2D eigenvalue weighted by Gasteiger charge is 2.13. The molecule has 8 nitrogen and oxygen atoms in total. The Labute approximate surface area is 145 Å². The van der Waals surface area contributed by atoms with Gasteiger partial charge in [-0.2, -0.15) is 0 Å². The minimum Gasteiger partial charge on any atom is -0.351 e. The molecule has 0 saturated carbocycles. The zero-order valence-corrected chi connectivity index (χ0v) is 14.6. The Morgan fingerprint density at radius 2 is 1.84 bits per heavy atom. The largest absolute Gasteiger partial charge is 0.351 e. The molecule has 2 rings (SSSR count). The van der Waals surface area contributed by atoms with Gasteiger partial charge in [0, 0.05) is 24.7 Å². The van der Waals surface area contributed by atoms with Crippen LogP contribution in [0.4, 0.5) is 0 Å². The summed E-state index contributed by atoms with van der Waals surface area (Å²) in [7, 11) is -3.60. The standard InChI is InChI=1S/C16H18N4O4S/c1-11-13(10-18-15(19-11)12-6-4-3-5-7-12)16(22)17-9-8-14(21)20-25(2,23)24/h3-7,10H,8-9H2,1-2H3,(H,17,22)(H,20,21). The maximum absolute atomic E-state index is 12.1. The fourth-order valence-corrected chi connectivity index (χ4v) is 2.57. The van der Waals surface area contributed by atoms with Crippen molar-refractivity contribution in [2.45, 2.75) is 13.3 Å². The molecule has 2 N–H and O–H groups in total. The van der Waals surface area contributed by atoms with E-state index in [-0.39, 0.29) is 13.0 Å². The first kappa shape index (κ1) is 18.5. The highest BCUT2D eigenvalue weighted by molar-refractivity contribution is 7.89. The van der Waals surface area contributed by atoms with E-state index in [4.69, 9.17) is 0 Å². The molecule has 1 aromatic heterocycles. The molecule has 0 unspecified atom stereocenters. The molecule has 0 atom stereocenters. The Hall–Kier alpha value is -2.81. The molecule has 2 aromatic rings. The van der Waals surface area contributed by atoms with E-state index < -0.39 is 21.8 Å². The molecule has 0 saturated heterocycles. The second kappa shape index (κ2) is 7.84. The van der Waals surface area contributed by atoms with Crippen LogP contribution in [0.2, 0.25) is 0 Å². The predicted molar refractivity (Wildman–Crippen MR) is 92.1 cm³/mol. The number of aryl methyl sites for hydroxylation is 1. The van der Waals surface area contributed by atoms with Gasteiger partial charge in [-0.3, -0.25) is 14.3 Å². The quantitative estimate of drug-likeness (QED) is 0.779. The lowest BCUT2D eigenvalue weighted by Crippen LogP contribution is -2.33. The SMILES string of the molecule is Cc1nc(-c2ccccc2)ncc1C(=O)NCCC(=O)NS(C)(=O)=O. The van der Waals surface area contributed by atoms with E-state index in [0.717, 1.165) is 11.8 Å². The predicted octanol–water partition coefficient (Wildman–Crippen LogP) is 0.648. The first-order valence-electron chi connectivity index (χ1n) is 7.44. The molecule has 0 bridgehead atoms. The van der Waals surface area contributed by atoms with Gasteiger partial charge < -0.3 is 5.32 Å². The fourth-order valence-electron chi connectivity index (χ4n) is 2.06. The van der Waals surface area contributed by atoms with Gasteiger partial charge in [0.05, 0.1) is 17.5 Å². The van der Waals surface area contributed by atoms with Gasteiger partial charge in [0.2, 0.25) is 15.9 Å². The van der Waals surface area contributed by atoms with Crippen molar-refractivity contribution in [2.24, 2.45) is 0 Å². The number of hydrogen-bond acceptors (Lipinski definition) is 6. The highest BCUT2D eigenvalue weighted by Crippen LogP contribution is 2.15. The second-order valence-electron chi connectivity index (χ2n) is 5.36. The zero-order chi connectivity index (χ0) is 18.4. The molecular formula is C16H18N4O4S. The maximum Gasteiger partial charge on any atom is 0.254 e. The van der Waals surface area contributed by atoms with E-state index in [0.29, 0.717) is 17.1 Å². The molecule has 1 aromatic carbocycles. The number of rotatable bonds is 6. The Bertz CT molecular complexity index is 882. The van der Waals surface area contributed by atoms with E-state index in [9.17, 15) is 18.0 Å². The third kappa shape index (κ3) is 5.64. The molecule has 0 aliphatic heterocycles. The third-order valence-electron chi connectivity index (χ3n) is 3.19. The van der Waals surface area contributed by atoms with Crippen LogP contribution in [-0.4, -0.2) is 43.0 Å². The van der Waals surface area contributed by atoms with Crippen molar-refractivity contribution < 1.29 is 18.0 Å². The smallest absolute Gasteiger partial charge is 0.254 e. The van der Waals surface area contributed by atoms with E-state index in [2.05, 4.69) is 15.3 Å². The number of nitrogens with one attached hydrogen (secondary N) is 2. The number of aromatic nitrogens is 2. The molecule has 0 fully saturated rings. The second-order valence-corrected chi connectivity index (χ2v) is 7.11. The summed E-state index contributed by atoms with van der Waals surface area (Å²) in [5.74, 6) is -0.596. The summed E-state index contributed by atoms with van der Waals surface area (Å²) in [5.41, 5.74) is 1.64. The van der Waals surface area contributed by atoms with E-state index in [1.165, 1.54) is 6.20 Å². The van der Waals surface area contributed by atoms with E-state index in [1.54, 1.807) is 6.92 Å². The van der Waals surface area contributed by atoms with Crippen LogP contribution >= 0.6 is 0 Å². The summed E-state index contributed by atoms with van der Waals surface area (Å²) >= 11 is 0. The minimum absolute atomic E-state index is 0.0000629. The lowest BCUT2D eigenvalue weighted by atomic mass is 10.2. The Balaban J connectivity index is 1.97. The number of amides is 2. The Morgan fingerprint density at radius 3 is 2.44 bits per heavy atom. The van der Waals surface area contributed by atoms with Crippen LogP contribution in [-0.2, 0) is 14.8 Å². The normalized spacial score (nSPS) is 11.0. The van der Waals surface area contributed by atoms with Crippen LogP contribution in [0.5, 0.6) is 0 Å². The van der Waals surface area contributed by atoms with E-state index >= 15 is 0 Å². The molecule has 25 heavy (non-hydrogen) atoms. The van der Waals surface area contributed by atoms with Crippen LogP contribution in [0, 0.1) is 6.92 Å². The molecule has 0 spiro atoms. The molecule has 1 heterocycles. The van der Waals surface area contributed by atoms with Gasteiger partial charge in [-0.1, -0.05) is 30.3 Å². The first-order valence-corrected chi connectivity index (χ1v) is 9.33. The van der Waals surface area contributed by atoms with Crippen LogP contribution < -0.4 is 10.0 Å². The van der Waals surface area contributed by atoms with Gasteiger partial charge in [-0.25, -0.2) is 18.4 Å². The number of carbonyl (C=O) groups excluding carboxylic acids is 2. The fraction of sp³-hybridized carbons (Fsp3) is 0.250. The van der Waals surface area contributed by atoms with Crippen molar-refractivity contribution in [3.8, 4) is 11.4 Å². The van der Waals surface area contributed by atoms with Crippen molar-refractivity contribution in [3.63, 3.8) is 0 Å². The summed E-state index contributed by atoms with van der Waals surface area (Å²) < 4.78 is 23.7. The Kier molecular flexibility index (Phi) is 5.81. The van der Waals surface area contributed by atoms with Crippen molar-refractivity contribution in [1.29, 1.82) is 0 Å². The van der Waals surface area contributed by atoms with Crippen molar-refractivity contribution in [2.75, 3.05) is 12.8 Å². The van der Waals surface area contributed by atoms with Crippen LogP contribution in [0.25, 0.3) is 11.4 Å². The number of benzene rings is 1. The maximum atomic E-state index is 12.1. The van der Waals surface area contributed by atoms with Gasteiger partial charge in [-0.15, -0.1) is 0 Å². The summed E-state index contributed by atoms with van der Waals surface area (Å²) in [6, 6.07) is 9.37. The molecule has 9 heteroatoms. The molecular weight excluding hydrogens is 344 g/mol. The lowest BCUT2D eigenvalue weighted by Gasteiger charge is -2.08. The van der Waals surface area contributed by atoms with Crippen LogP contribution in [0.3, 0.4) is 0 Å². The summed E-state index contributed by atoms with van der Waals surface area (Å²) in [6.45, 7) is 1.69. The zero-order valence-electron chi connectivity index (χ0n) is 13.8. The summed E-state index contributed by atoms with van der Waals surface area (Å²) in [6.07, 6.45) is 2.16. The number of sulfonamides is 1. The average Bonchev–Trinajstić information content (AvgIpc) is 2.53. The highest BCUT2D eigenvalue weighted by atomic mass is 32.2. The van der Waals surface area contributed by atoms with Gasteiger partial charge in [0.1, 0.15) is 0 Å². The molecule has 132 valence electrons. The minimum atomic E-state index is -3.60. The summed E-state index contributed by atoms with van der Waals surface area (Å²) in [5, 5.41) is 2.54. The molecule has 0 aliphatic carbocycles. The lowest BCUT2D eigenvalue weighted by molar-refractivity contribution is -0.119. The van der Waals surface area contributed by atoms with Gasteiger partial charge in [0.15, 0.2) is 5.82 Å². The summed E-state index contributed by atoms with van der Waals surface area (Å²) in [4.78, 5) is 32.0. The van der Waals surface area contributed by atoms with Gasteiger partial charge >= 0.3 is 0 Å². The number of hydrogen-bond donors (Lipinski definition) is 2. The van der Waals surface area contributed by atoms with Crippen LogP contribution in [0.1, 0.15) is 22.5 Å². The Morgan fingerprint density at radius 1 is 1.16 bits per heavy atom.